The largest absolute Gasteiger partial charge is 0.378 e. The summed E-state index contributed by atoms with van der Waals surface area (Å²) >= 11 is 1.71. The van der Waals surface area contributed by atoms with E-state index < -0.39 is 0 Å². The topological polar surface area (TPSA) is 34.1 Å². The van der Waals surface area contributed by atoms with Gasteiger partial charge in [-0.1, -0.05) is 13.8 Å². The molecule has 4 heteroatoms. The van der Waals surface area contributed by atoms with Crippen molar-refractivity contribution in [2.45, 2.75) is 27.0 Å². The monoisotopic (exact) mass is 214 g/mol. The predicted molar refractivity (Wildman–Crippen MR) is 59.4 cm³/mol. The molecule has 0 fully saturated rings. The highest BCUT2D eigenvalue weighted by Gasteiger charge is 2.01. The van der Waals surface area contributed by atoms with E-state index in [1.165, 1.54) is 4.88 Å². The lowest BCUT2D eigenvalue weighted by atomic mass is 10.2. The Hall–Kier alpha value is -0.450. The van der Waals surface area contributed by atoms with Crippen LogP contribution >= 0.6 is 11.3 Å². The first-order chi connectivity index (χ1) is 6.72. The Labute approximate surface area is 89.5 Å². The lowest BCUT2D eigenvalue weighted by Crippen LogP contribution is -2.18. The Morgan fingerprint density at radius 1 is 1.57 bits per heavy atom. The summed E-state index contributed by atoms with van der Waals surface area (Å²) in [5.74, 6) is 0.696. The summed E-state index contributed by atoms with van der Waals surface area (Å²) < 4.78 is 5.01. The second-order valence-electron chi connectivity index (χ2n) is 3.68. The number of thiazole rings is 1. The molecule has 0 aliphatic carbocycles. The van der Waals surface area contributed by atoms with Crippen molar-refractivity contribution >= 4 is 11.3 Å². The third-order valence-electron chi connectivity index (χ3n) is 1.72. The number of hydrogen-bond acceptors (Lipinski definition) is 4. The Bertz CT molecular complexity index is 260. The summed E-state index contributed by atoms with van der Waals surface area (Å²) in [6.45, 7) is 7.00. The first-order valence-corrected chi connectivity index (χ1v) is 5.67. The van der Waals surface area contributed by atoms with Gasteiger partial charge in [0, 0.05) is 24.7 Å². The number of nitrogens with zero attached hydrogens (tertiary/aromatic N) is 1. The molecular weight excluding hydrogens is 196 g/mol. The van der Waals surface area contributed by atoms with Crippen LogP contribution in [-0.2, 0) is 17.9 Å². The predicted octanol–water partition coefficient (Wildman–Crippen LogP) is 2.04. The van der Waals surface area contributed by atoms with Gasteiger partial charge in [-0.05, 0) is 12.5 Å². The fraction of sp³-hybridized carbons (Fsp3) is 0.700. The zero-order valence-corrected chi connectivity index (χ0v) is 9.86. The molecule has 0 bridgehead atoms. The SMILES string of the molecule is COCc1ncc(CNCC(C)C)s1. The van der Waals surface area contributed by atoms with Gasteiger partial charge >= 0.3 is 0 Å². The first kappa shape index (κ1) is 11.6. The van der Waals surface area contributed by atoms with E-state index in [1.54, 1.807) is 18.4 Å². The number of nitrogens with one attached hydrogen (secondary N) is 1. The number of ether oxygens (including phenoxy) is 1. The molecule has 1 rings (SSSR count). The first-order valence-electron chi connectivity index (χ1n) is 4.85. The van der Waals surface area contributed by atoms with Crippen molar-refractivity contribution in [2.24, 2.45) is 5.92 Å². The maximum absolute atomic E-state index is 5.01. The van der Waals surface area contributed by atoms with Crippen LogP contribution in [-0.4, -0.2) is 18.6 Å². The van der Waals surface area contributed by atoms with Crippen LogP contribution in [0.4, 0.5) is 0 Å². The Balaban J connectivity index is 2.28. The number of rotatable bonds is 6. The summed E-state index contributed by atoms with van der Waals surface area (Å²) in [5.41, 5.74) is 0. The van der Waals surface area contributed by atoms with Gasteiger partial charge in [0.1, 0.15) is 5.01 Å². The molecule has 1 N–H and O–H groups in total. The minimum absolute atomic E-state index is 0.620. The molecule has 0 atom stereocenters. The van der Waals surface area contributed by atoms with Gasteiger partial charge in [-0.25, -0.2) is 4.98 Å². The Morgan fingerprint density at radius 2 is 2.36 bits per heavy atom. The van der Waals surface area contributed by atoms with Crippen molar-refractivity contribution in [1.29, 1.82) is 0 Å². The molecule has 3 nitrogen and oxygen atoms in total. The zero-order valence-electron chi connectivity index (χ0n) is 9.04. The minimum Gasteiger partial charge on any atom is -0.378 e. The van der Waals surface area contributed by atoms with Crippen molar-refractivity contribution < 1.29 is 4.74 Å². The van der Waals surface area contributed by atoms with E-state index in [0.717, 1.165) is 18.1 Å². The molecule has 0 saturated heterocycles. The number of methoxy groups -OCH3 is 1. The second kappa shape index (κ2) is 6.11. The summed E-state index contributed by atoms with van der Waals surface area (Å²) in [6, 6.07) is 0. The fourth-order valence-electron chi connectivity index (χ4n) is 1.10. The average Bonchev–Trinajstić information content (AvgIpc) is 2.53. The van der Waals surface area contributed by atoms with Crippen LogP contribution in [0.25, 0.3) is 0 Å². The summed E-state index contributed by atoms with van der Waals surface area (Å²) in [7, 11) is 1.69. The van der Waals surface area contributed by atoms with Crippen LogP contribution in [0, 0.1) is 5.92 Å². The highest BCUT2D eigenvalue weighted by atomic mass is 32.1. The lowest BCUT2D eigenvalue weighted by Gasteiger charge is -2.04. The lowest BCUT2D eigenvalue weighted by molar-refractivity contribution is 0.184. The fourth-order valence-corrected chi connectivity index (χ4v) is 1.97. The van der Waals surface area contributed by atoms with Crippen LogP contribution in [0.3, 0.4) is 0 Å². The van der Waals surface area contributed by atoms with E-state index in [2.05, 4.69) is 24.1 Å². The molecular formula is C10H18N2OS. The third-order valence-corrected chi connectivity index (χ3v) is 2.69. The van der Waals surface area contributed by atoms with Gasteiger partial charge in [0.2, 0.25) is 0 Å². The molecule has 80 valence electrons. The molecule has 0 saturated carbocycles. The van der Waals surface area contributed by atoms with Gasteiger partial charge in [0.25, 0.3) is 0 Å². The maximum Gasteiger partial charge on any atom is 0.119 e. The van der Waals surface area contributed by atoms with Gasteiger partial charge in [-0.3, -0.25) is 0 Å². The van der Waals surface area contributed by atoms with Crippen LogP contribution in [0.2, 0.25) is 0 Å². The molecule has 0 aliphatic heterocycles. The van der Waals surface area contributed by atoms with Crippen LogP contribution < -0.4 is 5.32 Å². The molecule has 0 aliphatic rings. The molecule has 14 heavy (non-hydrogen) atoms. The Kier molecular flexibility index (Phi) is 5.07. The Morgan fingerprint density at radius 3 is 3.00 bits per heavy atom. The molecule has 0 amide bonds. The van der Waals surface area contributed by atoms with Gasteiger partial charge in [0.05, 0.1) is 6.61 Å². The van der Waals surface area contributed by atoms with Crippen molar-refractivity contribution in [3.05, 3.63) is 16.1 Å². The smallest absolute Gasteiger partial charge is 0.119 e. The van der Waals surface area contributed by atoms with E-state index in [4.69, 9.17) is 4.74 Å². The van der Waals surface area contributed by atoms with Gasteiger partial charge in [0.15, 0.2) is 0 Å². The third kappa shape index (κ3) is 4.17. The molecule has 0 aromatic carbocycles. The van der Waals surface area contributed by atoms with Gasteiger partial charge in [-0.2, -0.15) is 0 Å². The number of aromatic nitrogens is 1. The molecule has 0 radical (unpaired) electrons. The van der Waals surface area contributed by atoms with E-state index in [1.807, 2.05) is 6.20 Å². The van der Waals surface area contributed by atoms with Crippen molar-refractivity contribution in [3.63, 3.8) is 0 Å². The molecule has 1 aromatic rings. The standard InChI is InChI=1S/C10H18N2OS/c1-8(2)4-11-5-9-6-12-10(14-9)7-13-3/h6,8,11H,4-5,7H2,1-3H3. The zero-order chi connectivity index (χ0) is 10.4. The summed E-state index contributed by atoms with van der Waals surface area (Å²) in [4.78, 5) is 5.53. The van der Waals surface area contributed by atoms with Crippen LogP contribution in [0.15, 0.2) is 6.20 Å². The van der Waals surface area contributed by atoms with Crippen molar-refractivity contribution in [3.8, 4) is 0 Å². The highest BCUT2D eigenvalue weighted by Crippen LogP contribution is 2.13. The van der Waals surface area contributed by atoms with Crippen LogP contribution in [0.5, 0.6) is 0 Å². The van der Waals surface area contributed by atoms with E-state index in [0.29, 0.717) is 12.5 Å². The number of hydrogen-bond donors (Lipinski definition) is 1. The van der Waals surface area contributed by atoms with Crippen LogP contribution in [0.1, 0.15) is 23.7 Å². The van der Waals surface area contributed by atoms with Crippen molar-refractivity contribution in [2.75, 3.05) is 13.7 Å². The molecule has 0 unspecified atom stereocenters. The quantitative estimate of drug-likeness (QED) is 0.787. The normalized spacial score (nSPS) is 11.1. The van der Waals surface area contributed by atoms with Gasteiger partial charge < -0.3 is 10.1 Å². The molecule has 0 spiro atoms. The second-order valence-corrected chi connectivity index (χ2v) is 4.88. The maximum atomic E-state index is 5.01. The molecule has 1 heterocycles. The average molecular weight is 214 g/mol. The summed E-state index contributed by atoms with van der Waals surface area (Å²) in [6.07, 6.45) is 1.92. The van der Waals surface area contributed by atoms with Crippen molar-refractivity contribution in [1.82, 2.24) is 10.3 Å². The highest BCUT2D eigenvalue weighted by molar-refractivity contribution is 7.11. The summed E-state index contributed by atoms with van der Waals surface area (Å²) in [5, 5.41) is 4.44. The molecule has 1 aromatic heterocycles. The van der Waals surface area contributed by atoms with Gasteiger partial charge in [-0.15, -0.1) is 11.3 Å². The van der Waals surface area contributed by atoms with E-state index in [9.17, 15) is 0 Å². The van der Waals surface area contributed by atoms with E-state index >= 15 is 0 Å². The minimum atomic E-state index is 0.620. The van der Waals surface area contributed by atoms with E-state index in [-0.39, 0.29) is 0 Å².